The Morgan fingerprint density at radius 2 is 2.17 bits per heavy atom. The summed E-state index contributed by atoms with van der Waals surface area (Å²) in [6, 6.07) is 8.84. The van der Waals surface area contributed by atoms with Gasteiger partial charge in [0.05, 0.1) is 0 Å². The third kappa shape index (κ3) is 3.31. The Morgan fingerprint density at radius 3 is 2.83 bits per heavy atom. The number of aliphatic hydroxyl groups excluding tert-OH is 1. The van der Waals surface area contributed by atoms with Crippen molar-refractivity contribution < 1.29 is 14.7 Å². The molecule has 1 aromatic rings. The molecule has 2 rings (SSSR count). The minimum atomic E-state index is -1.21. The number of hydroxylamine groups is 2. The second-order valence-corrected chi connectivity index (χ2v) is 4.86. The molecule has 1 saturated heterocycles. The molecule has 1 aromatic carbocycles. The zero-order valence-corrected chi connectivity index (χ0v) is 10.6. The quantitative estimate of drug-likeness (QED) is 0.889. The number of hydrogen-bond donors (Lipinski definition) is 1. The third-order valence-corrected chi connectivity index (χ3v) is 3.18. The molecule has 4 heteroatoms. The van der Waals surface area contributed by atoms with Gasteiger partial charge in [0.25, 0.3) is 0 Å². The van der Waals surface area contributed by atoms with Crippen LogP contribution in [0.2, 0.25) is 0 Å². The molecular formula is C14H19NO3. The average molecular weight is 249 g/mol. The van der Waals surface area contributed by atoms with Gasteiger partial charge in [0.1, 0.15) is 0 Å². The fourth-order valence-corrected chi connectivity index (χ4v) is 2.18. The normalized spacial score (nSPS) is 22.4. The Labute approximate surface area is 107 Å². The van der Waals surface area contributed by atoms with Gasteiger partial charge in [-0.2, -0.15) is 0 Å². The van der Waals surface area contributed by atoms with Crippen molar-refractivity contribution in [1.82, 2.24) is 5.06 Å². The molecule has 1 N–H and O–H groups in total. The van der Waals surface area contributed by atoms with Crippen molar-refractivity contribution >= 4 is 5.97 Å². The molecule has 0 radical (unpaired) electrons. The highest BCUT2D eigenvalue weighted by Crippen LogP contribution is 2.19. The lowest BCUT2D eigenvalue weighted by Crippen LogP contribution is -2.37. The lowest BCUT2D eigenvalue weighted by molar-refractivity contribution is -0.207. The van der Waals surface area contributed by atoms with Crippen molar-refractivity contribution in [3.8, 4) is 0 Å². The highest BCUT2D eigenvalue weighted by Gasteiger charge is 2.24. The molecule has 0 spiro atoms. The van der Waals surface area contributed by atoms with E-state index in [1.807, 2.05) is 6.07 Å². The molecule has 0 aliphatic carbocycles. The Hall–Kier alpha value is -1.39. The summed E-state index contributed by atoms with van der Waals surface area (Å²) in [5.41, 5.74) is 0.563. The smallest absolute Gasteiger partial charge is 0.358 e. The molecule has 0 aromatic heterocycles. The highest BCUT2D eigenvalue weighted by molar-refractivity contribution is 5.75. The Balaban J connectivity index is 1.91. The molecule has 1 fully saturated rings. The maximum Gasteiger partial charge on any atom is 0.358 e. The Bertz CT molecular complexity index is 393. The van der Waals surface area contributed by atoms with Crippen LogP contribution in [0.25, 0.3) is 0 Å². The van der Waals surface area contributed by atoms with Gasteiger partial charge in [-0.05, 0) is 24.3 Å². The summed E-state index contributed by atoms with van der Waals surface area (Å²) in [6.45, 7) is 3.62. The molecule has 18 heavy (non-hydrogen) atoms. The van der Waals surface area contributed by atoms with Gasteiger partial charge < -0.3 is 9.94 Å². The minimum absolute atomic E-state index is 0.528. The summed E-state index contributed by atoms with van der Waals surface area (Å²) >= 11 is 0. The third-order valence-electron chi connectivity index (χ3n) is 3.18. The molecule has 98 valence electrons. The molecule has 1 aliphatic heterocycles. The zero-order valence-electron chi connectivity index (χ0n) is 10.6. The van der Waals surface area contributed by atoms with E-state index in [0.717, 1.165) is 25.9 Å². The fraction of sp³-hybridized carbons (Fsp3) is 0.500. The number of nitrogens with zero attached hydrogens (tertiary/aromatic N) is 1. The second kappa shape index (κ2) is 5.98. The number of hydrogen-bond acceptors (Lipinski definition) is 4. The molecule has 1 aliphatic rings. The predicted octanol–water partition coefficient (Wildman–Crippen LogP) is 1.91. The van der Waals surface area contributed by atoms with Gasteiger partial charge >= 0.3 is 5.97 Å². The number of piperidine rings is 1. The Kier molecular flexibility index (Phi) is 4.33. The van der Waals surface area contributed by atoms with Crippen LogP contribution in [0, 0.1) is 5.92 Å². The average Bonchev–Trinajstić information content (AvgIpc) is 2.39. The van der Waals surface area contributed by atoms with Crippen LogP contribution in [0.5, 0.6) is 0 Å². The van der Waals surface area contributed by atoms with E-state index in [2.05, 4.69) is 6.92 Å². The molecule has 1 heterocycles. The largest absolute Gasteiger partial charge is 0.377 e. The van der Waals surface area contributed by atoms with Crippen molar-refractivity contribution in [3.05, 3.63) is 35.9 Å². The van der Waals surface area contributed by atoms with E-state index in [-0.39, 0.29) is 0 Å². The molecule has 0 unspecified atom stereocenters. The topological polar surface area (TPSA) is 49.8 Å². The fourth-order valence-electron chi connectivity index (χ4n) is 2.18. The van der Waals surface area contributed by atoms with Crippen LogP contribution in [-0.2, 0) is 9.63 Å². The maximum atomic E-state index is 11.8. The second-order valence-electron chi connectivity index (χ2n) is 4.86. The van der Waals surface area contributed by atoms with Crippen LogP contribution < -0.4 is 0 Å². The molecule has 2 atom stereocenters. The zero-order chi connectivity index (χ0) is 13.0. The first-order valence-corrected chi connectivity index (χ1v) is 6.36. The molecular weight excluding hydrogens is 230 g/mol. The van der Waals surface area contributed by atoms with E-state index >= 15 is 0 Å². The van der Waals surface area contributed by atoms with Crippen molar-refractivity contribution in [1.29, 1.82) is 0 Å². The lowest BCUT2D eigenvalue weighted by Gasteiger charge is -2.29. The van der Waals surface area contributed by atoms with Crippen molar-refractivity contribution in [2.24, 2.45) is 5.92 Å². The molecule has 0 saturated carbocycles. The molecule has 0 amide bonds. The first-order chi connectivity index (χ1) is 8.66. The van der Waals surface area contributed by atoms with Gasteiger partial charge in [-0.1, -0.05) is 37.3 Å². The Morgan fingerprint density at radius 1 is 1.44 bits per heavy atom. The van der Waals surface area contributed by atoms with Gasteiger partial charge in [0.15, 0.2) is 6.10 Å². The van der Waals surface area contributed by atoms with Crippen molar-refractivity contribution in [2.75, 3.05) is 13.1 Å². The van der Waals surface area contributed by atoms with Crippen LogP contribution in [0.4, 0.5) is 0 Å². The summed E-state index contributed by atoms with van der Waals surface area (Å²) in [6.07, 6.45) is 0.981. The van der Waals surface area contributed by atoms with Crippen LogP contribution in [0.15, 0.2) is 30.3 Å². The van der Waals surface area contributed by atoms with Crippen LogP contribution >= 0.6 is 0 Å². The summed E-state index contributed by atoms with van der Waals surface area (Å²) < 4.78 is 0. The molecule has 0 bridgehead atoms. The summed E-state index contributed by atoms with van der Waals surface area (Å²) in [7, 11) is 0. The lowest BCUT2D eigenvalue weighted by atomic mass is 10.0. The first kappa shape index (κ1) is 13.1. The van der Waals surface area contributed by atoms with Gasteiger partial charge in [-0.25, -0.2) is 4.79 Å². The molecule has 4 nitrogen and oxygen atoms in total. The van der Waals surface area contributed by atoms with Crippen molar-refractivity contribution in [3.63, 3.8) is 0 Å². The van der Waals surface area contributed by atoms with E-state index in [0.29, 0.717) is 11.5 Å². The maximum absolute atomic E-state index is 11.8. The number of carbonyl (C=O) groups is 1. The standard InChI is InChI=1S/C14H19NO3/c1-11-6-5-9-15(10-11)18-14(17)13(16)12-7-3-2-4-8-12/h2-4,7-8,11,13,16H,5-6,9-10H2,1H3/t11-,13+/m0/s1. The van der Waals surface area contributed by atoms with Gasteiger partial charge in [0, 0.05) is 13.1 Å². The van der Waals surface area contributed by atoms with Crippen LogP contribution in [-0.4, -0.2) is 29.2 Å². The number of aliphatic hydroxyl groups is 1. The van der Waals surface area contributed by atoms with E-state index < -0.39 is 12.1 Å². The number of benzene rings is 1. The van der Waals surface area contributed by atoms with Gasteiger partial charge in [-0.3, -0.25) is 0 Å². The minimum Gasteiger partial charge on any atom is -0.377 e. The monoisotopic (exact) mass is 249 g/mol. The van der Waals surface area contributed by atoms with E-state index in [1.165, 1.54) is 0 Å². The van der Waals surface area contributed by atoms with Crippen molar-refractivity contribution in [2.45, 2.75) is 25.9 Å². The van der Waals surface area contributed by atoms with E-state index in [1.54, 1.807) is 29.3 Å². The van der Waals surface area contributed by atoms with Crippen LogP contribution in [0.3, 0.4) is 0 Å². The van der Waals surface area contributed by atoms with Crippen LogP contribution in [0.1, 0.15) is 31.4 Å². The van der Waals surface area contributed by atoms with E-state index in [4.69, 9.17) is 4.84 Å². The number of rotatable bonds is 3. The van der Waals surface area contributed by atoms with Gasteiger partial charge in [0.2, 0.25) is 0 Å². The summed E-state index contributed by atoms with van der Waals surface area (Å²) in [4.78, 5) is 17.0. The predicted molar refractivity (Wildman–Crippen MR) is 67.5 cm³/mol. The summed E-state index contributed by atoms with van der Waals surface area (Å²) in [5.74, 6) is -0.0734. The number of carbonyl (C=O) groups excluding carboxylic acids is 1. The SMILES string of the molecule is C[C@H]1CCCN(OC(=O)[C@H](O)c2ccccc2)C1. The van der Waals surface area contributed by atoms with Gasteiger partial charge in [-0.15, -0.1) is 5.06 Å². The first-order valence-electron chi connectivity index (χ1n) is 6.36. The van der Waals surface area contributed by atoms with E-state index in [9.17, 15) is 9.90 Å². The highest BCUT2D eigenvalue weighted by atomic mass is 16.7. The summed E-state index contributed by atoms with van der Waals surface area (Å²) in [5, 5.41) is 11.5.